The lowest BCUT2D eigenvalue weighted by atomic mass is 10.0. The lowest BCUT2D eigenvalue weighted by Crippen LogP contribution is -3.00. The van der Waals surface area contributed by atoms with Crippen LogP contribution in [0.4, 0.5) is 0 Å². The van der Waals surface area contributed by atoms with Crippen molar-refractivity contribution in [2.24, 2.45) is 0 Å². The van der Waals surface area contributed by atoms with Crippen LogP contribution < -0.4 is 21.5 Å². The smallest absolute Gasteiger partial charge is 0.392 e. The van der Waals surface area contributed by atoms with Crippen molar-refractivity contribution in [3.63, 3.8) is 0 Å². The Kier molecular flexibility index (Phi) is 16.6. The van der Waals surface area contributed by atoms with Gasteiger partial charge in [0.15, 0.2) is 12.4 Å². The Labute approximate surface area is 159 Å². The molecule has 0 saturated heterocycles. The van der Waals surface area contributed by atoms with Crippen molar-refractivity contribution in [2.45, 2.75) is 96.8 Å². The molecule has 0 aliphatic carbocycles. The molecule has 0 fully saturated rings. The average molecular weight is 398 g/mol. The molecule has 1 aromatic rings. The van der Waals surface area contributed by atoms with Crippen LogP contribution in [0.25, 0.3) is 0 Å². The van der Waals surface area contributed by atoms with E-state index in [4.69, 9.17) is 0 Å². The Hall–Kier alpha value is -0.700. The highest BCUT2D eigenvalue weighted by atomic mass is 79.9. The highest BCUT2D eigenvalue weighted by Gasteiger charge is 2.11. The minimum atomic E-state index is 0. The fraction of sp³-hybridized carbons (Fsp3) is 0.714. The van der Waals surface area contributed by atoms with E-state index in [0.717, 1.165) is 6.42 Å². The fourth-order valence-corrected chi connectivity index (χ4v) is 2.99. The van der Waals surface area contributed by atoms with Gasteiger partial charge in [0.2, 0.25) is 0 Å². The first-order valence-corrected chi connectivity index (χ1v) is 9.84. The van der Waals surface area contributed by atoms with Crippen LogP contribution in [0.2, 0.25) is 0 Å². The van der Waals surface area contributed by atoms with Crippen LogP contribution in [0.5, 0.6) is 0 Å². The maximum Gasteiger partial charge on any atom is 0.392 e. The molecule has 0 bridgehead atoms. The highest BCUT2D eigenvalue weighted by Crippen LogP contribution is 2.12. The number of aromatic nitrogens is 1. The summed E-state index contributed by atoms with van der Waals surface area (Å²) < 4.78 is 1.69. The van der Waals surface area contributed by atoms with Crippen molar-refractivity contribution >= 4 is 5.91 Å². The zero-order valence-electron chi connectivity index (χ0n) is 15.5. The van der Waals surface area contributed by atoms with E-state index in [1.54, 1.807) is 4.57 Å². The van der Waals surface area contributed by atoms with E-state index in [9.17, 15) is 4.79 Å². The SMILES string of the molecule is CCCCCCCCCCCCCCCC(=O)[n+]1ccccc1.[Br-]. The molecule has 0 spiro atoms. The van der Waals surface area contributed by atoms with E-state index in [-0.39, 0.29) is 22.9 Å². The van der Waals surface area contributed by atoms with Crippen LogP contribution in [-0.2, 0) is 0 Å². The second-order valence-corrected chi connectivity index (χ2v) is 6.67. The fourth-order valence-electron chi connectivity index (χ4n) is 2.99. The monoisotopic (exact) mass is 397 g/mol. The quantitative estimate of drug-likeness (QED) is 0.349. The number of rotatable bonds is 14. The van der Waals surface area contributed by atoms with Gasteiger partial charge >= 0.3 is 5.91 Å². The Bertz CT molecular complexity index is 394. The van der Waals surface area contributed by atoms with Gasteiger partial charge in [-0.3, -0.25) is 0 Å². The summed E-state index contributed by atoms with van der Waals surface area (Å²) in [5, 5.41) is 0. The van der Waals surface area contributed by atoms with Crippen molar-refractivity contribution in [1.29, 1.82) is 0 Å². The molecular weight excluding hydrogens is 362 g/mol. The first-order valence-electron chi connectivity index (χ1n) is 9.84. The predicted octanol–water partition coefficient (Wildman–Crippen LogP) is 3.10. The van der Waals surface area contributed by atoms with E-state index in [0.29, 0.717) is 6.42 Å². The zero-order valence-corrected chi connectivity index (χ0v) is 17.1. The van der Waals surface area contributed by atoms with Crippen LogP contribution in [0.1, 0.15) is 102 Å². The lowest BCUT2D eigenvalue weighted by molar-refractivity contribution is -0.574. The summed E-state index contributed by atoms with van der Waals surface area (Å²) in [7, 11) is 0. The molecule has 0 amide bonds. The summed E-state index contributed by atoms with van der Waals surface area (Å²) in [6, 6.07) is 5.75. The molecule has 0 aliphatic heterocycles. The number of nitrogens with zero attached hydrogens (tertiary/aromatic N) is 1. The normalized spacial score (nSPS) is 10.4. The molecule has 0 saturated carbocycles. The first kappa shape index (κ1) is 23.3. The zero-order chi connectivity index (χ0) is 16.6. The van der Waals surface area contributed by atoms with E-state index >= 15 is 0 Å². The predicted molar refractivity (Wildman–Crippen MR) is 97.6 cm³/mol. The third kappa shape index (κ3) is 12.7. The number of carbonyl (C=O) groups is 1. The van der Waals surface area contributed by atoms with E-state index in [1.807, 2.05) is 30.6 Å². The summed E-state index contributed by atoms with van der Waals surface area (Å²) in [6.07, 6.45) is 21.8. The molecule has 3 heteroatoms. The Balaban J connectivity index is 0.00000529. The second kappa shape index (κ2) is 17.1. The maximum absolute atomic E-state index is 11.9. The average Bonchev–Trinajstić information content (AvgIpc) is 2.59. The highest BCUT2D eigenvalue weighted by molar-refractivity contribution is 5.66. The van der Waals surface area contributed by atoms with Gasteiger partial charge in [0.05, 0.1) is 6.42 Å². The number of hydrogen-bond donors (Lipinski definition) is 0. The largest absolute Gasteiger partial charge is 1.00 e. The van der Waals surface area contributed by atoms with Crippen LogP contribution >= 0.6 is 0 Å². The van der Waals surface area contributed by atoms with Crippen molar-refractivity contribution in [3.05, 3.63) is 30.6 Å². The summed E-state index contributed by atoms with van der Waals surface area (Å²) >= 11 is 0. The van der Waals surface area contributed by atoms with Gasteiger partial charge in [0, 0.05) is 12.1 Å². The molecule has 0 aliphatic rings. The molecule has 0 radical (unpaired) electrons. The molecule has 1 heterocycles. The summed E-state index contributed by atoms with van der Waals surface area (Å²) in [4.78, 5) is 11.9. The summed E-state index contributed by atoms with van der Waals surface area (Å²) in [6.45, 7) is 2.27. The number of hydrogen-bond acceptors (Lipinski definition) is 1. The van der Waals surface area contributed by atoms with Crippen LogP contribution in [-0.4, -0.2) is 5.91 Å². The standard InChI is InChI=1S/C21H36NO.BrH/c1-2-3-4-5-6-7-8-9-10-11-12-13-15-18-21(23)22-19-16-14-17-20-22;/h14,16-17,19-20H,2-13,15,18H2,1H3;1H/q+1;/p-1. The summed E-state index contributed by atoms with van der Waals surface area (Å²) in [5.74, 6) is 0.216. The molecule has 0 N–H and O–H groups in total. The van der Waals surface area contributed by atoms with Gasteiger partial charge in [-0.25, -0.2) is 4.79 Å². The Morgan fingerprint density at radius 1 is 0.667 bits per heavy atom. The van der Waals surface area contributed by atoms with Crippen molar-refractivity contribution in [1.82, 2.24) is 0 Å². The van der Waals surface area contributed by atoms with Crippen LogP contribution in [0.3, 0.4) is 0 Å². The second-order valence-electron chi connectivity index (χ2n) is 6.67. The van der Waals surface area contributed by atoms with Gasteiger partial charge < -0.3 is 17.0 Å². The molecule has 2 nitrogen and oxygen atoms in total. The summed E-state index contributed by atoms with van der Waals surface area (Å²) in [5.41, 5.74) is 0. The topological polar surface area (TPSA) is 20.9 Å². The maximum atomic E-state index is 11.9. The molecule has 138 valence electrons. The van der Waals surface area contributed by atoms with Gasteiger partial charge in [-0.15, -0.1) is 4.57 Å². The van der Waals surface area contributed by atoms with Crippen molar-refractivity contribution in [2.75, 3.05) is 0 Å². The molecule has 0 unspecified atom stereocenters. The first-order chi connectivity index (χ1) is 11.3. The molecule has 1 aromatic heterocycles. The van der Waals surface area contributed by atoms with Gasteiger partial charge in [-0.1, -0.05) is 90.0 Å². The van der Waals surface area contributed by atoms with Gasteiger partial charge in [-0.2, -0.15) is 0 Å². The Morgan fingerprint density at radius 3 is 1.54 bits per heavy atom. The van der Waals surface area contributed by atoms with E-state index in [2.05, 4.69) is 6.92 Å². The van der Waals surface area contributed by atoms with Crippen LogP contribution in [0.15, 0.2) is 30.6 Å². The van der Waals surface area contributed by atoms with Crippen molar-refractivity contribution < 1.29 is 26.3 Å². The van der Waals surface area contributed by atoms with Gasteiger partial charge in [-0.05, 0) is 6.42 Å². The number of carbonyl (C=O) groups excluding carboxylic acids is 1. The molecule has 1 rings (SSSR count). The van der Waals surface area contributed by atoms with Crippen LogP contribution in [0, 0.1) is 0 Å². The minimum absolute atomic E-state index is 0. The van der Waals surface area contributed by atoms with E-state index < -0.39 is 0 Å². The number of halogens is 1. The third-order valence-corrected chi connectivity index (χ3v) is 4.50. The minimum Gasteiger partial charge on any atom is -1.00 e. The Morgan fingerprint density at radius 2 is 1.08 bits per heavy atom. The van der Waals surface area contributed by atoms with Gasteiger partial charge in [0.25, 0.3) is 0 Å². The van der Waals surface area contributed by atoms with Gasteiger partial charge in [0.1, 0.15) is 0 Å². The van der Waals surface area contributed by atoms with E-state index in [1.165, 1.54) is 77.0 Å². The molecule has 24 heavy (non-hydrogen) atoms. The molecular formula is C21H36BrNO. The lowest BCUT2D eigenvalue weighted by Gasteiger charge is -2.02. The molecule has 0 aromatic carbocycles. The third-order valence-electron chi connectivity index (χ3n) is 4.50. The number of unbranched alkanes of at least 4 members (excludes halogenated alkanes) is 12. The molecule has 0 atom stereocenters. The van der Waals surface area contributed by atoms with Crippen molar-refractivity contribution in [3.8, 4) is 0 Å². The number of pyridine rings is 1.